The summed E-state index contributed by atoms with van der Waals surface area (Å²) in [5, 5.41) is 0. The molecular weight excluding hydrogens is 253 g/mol. The highest BCUT2D eigenvalue weighted by atomic mass is 19.1. The molecule has 3 unspecified atom stereocenters. The smallest absolute Gasteiger partial charge is 0.141 e. The second-order valence-electron chi connectivity index (χ2n) is 6.35. The number of aromatic nitrogens is 1. The lowest BCUT2D eigenvalue weighted by atomic mass is 9.96. The van der Waals surface area contributed by atoms with Gasteiger partial charge in [-0.3, -0.25) is 9.88 Å². The summed E-state index contributed by atoms with van der Waals surface area (Å²) in [7, 11) is 0. The van der Waals surface area contributed by atoms with E-state index >= 15 is 0 Å². The number of hydrogen-bond donors (Lipinski definition) is 1. The average molecular weight is 279 g/mol. The van der Waals surface area contributed by atoms with Gasteiger partial charge in [-0.25, -0.2) is 4.39 Å². The zero-order valence-electron chi connectivity index (χ0n) is 12.7. The van der Waals surface area contributed by atoms with Crippen molar-refractivity contribution in [3.8, 4) is 0 Å². The number of nitrogens with zero attached hydrogens (tertiary/aromatic N) is 2. The first-order valence-corrected chi connectivity index (χ1v) is 7.60. The molecule has 1 fully saturated rings. The van der Waals surface area contributed by atoms with Gasteiger partial charge < -0.3 is 5.73 Å². The van der Waals surface area contributed by atoms with Crippen molar-refractivity contribution >= 4 is 0 Å². The van der Waals surface area contributed by atoms with Crippen molar-refractivity contribution in [1.29, 1.82) is 0 Å². The minimum absolute atomic E-state index is 0.135. The van der Waals surface area contributed by atoms with Crippen LogP contribution in [0.2, 0.25) is 0 Å². The molecule has 2 heterocycles. The van der Waals surface area contributed by atoms with Crippen molar-refractivity contribution in [1.82, 2.24) is 9.88 Å². The molecule has 0 bridgehead atoms. The van der Waals surface area contributed by atoms with Gasteiger partial charge in [0.1, 0.15) is 5.82 Å². The Balaban J connectivity index is 1.97. The van der Waals surface area contributed by atoms with Crippen LogP contribution in [-0.2, 0) is 0 Å². The average Bonchev–Trinajstić information content (AvgIpc) is 2.87. The summed E-state index contributed by atoms with van der Waals surface area (Å²) in [6, 6.07) is 3.66. The zero-order chi connectivity index (χ0) is 14.7. The molecule has 0 aliphatic carbocycles. The van der Waals surface area contributed by atoms with Gasteiger partial charge in [-0.15, -0.1) is 0 Å². The Morgan fingerprint density at radius 2 is 2.15 bits per heavy atom. The molecule has 0 spiro atoms. The Morgan fingerprint density at radius 1 is 1.40 bits per heavy atom. The van der Waals surface area contributed by atoms with E-state index in [1.165, 1.54) is 25.1 Å². The van der Waals surface area contributed by atoms with E-state index in [1.54, 1.807) is 6.07 Å². The molecule has 1 aliphatic rings. The summed E-state index contributed by atoms with van der Waals surface area (Å²) in [5.74, 6) is 0.685. The zero-order valence-corrected chi connectivity index (χ0v) is 12.7. The lowest BCUT2D eigenvalue weighted by Gasteiger charge is -2.31. The van der Waals surface area contributed by atoms with Crippen LogP contribution >= 0.6 is 0 Å². The van der Waals surface area contributed by atoms with E-state index < -0.39 is 0 Å². The highest BCUT2D eigenvalue weighted by Gasteiger charge is 2.29. The summed E-state index contributed by atoms with van der Waals surface area (Å²) in [6.45, 7) is 8.88. The summed E-state index contributed by atoms with van der Waals surface area (Å²) < 4.78 is 12.9. The molecule has 0 aromatic carbocycles. The number of hydrogen-bond acceptors (Lipinski definition) is 3. The molecule has 1 aliphatic heterocycles. The predicted octanol–water partition coefficient (Wildman–Crippen LogP) is 2.98. The maximum atomic E-state index is 12.9. The molecule has 2 rings (SSSR count). The topological polar surface area (TPSA) is 42.1 Å². The molecule has 3 atom stereocenters. The Morgan fingerprint density at radius 3 is 2.75 bits per heavy atom. The van der Waals surface area contributed by atoms with Crippen LogP contribution in [-0.4, -0.2) is 29.0 Å². The van der Waals surface area contributed by atoms with E-state index in [0.29, 0.717) is 17.9 Å². The minimum atomic E-state index is -0.312. The van der Waals surface area contributed by atoms with Crippen LogP contribution in [0.25, 0.3) is 0 Å². The highest BCUT2D eigenvalue weighted by Crippen LogP contribution is 2.27. The van der Waals surface area contributed by atoms with E-state index in [-0.39, 0.29) is 11.9 Å². The number of pyridine rings is 1. The van der Waals surface area contributed by atoms with Gasteiger partial charge >= 0.3 is 0 Å². The number of likely N-dealkylation sites (tertiary alicyclic amines) is 1. The number of nitrogens with two attached hydrogens (primary N) is 1. The largest absolute Gasteiger partial charge is 0.322 e. The maximum Gasteiger partial charge on any atom is 0.141 e. The second kappa shape index (κ2) is 6.64. The van der Waals surface area contributed by atoms with Gasteiger partial charge in [0.15, 0.2) is 0 Å². The Hall–Kier alpha value is -1.00. The van der Waals surface area contributed by atoms with Crippen LogP contribution in [0.15, 0.2) is 18.3 Å². The van der Waals surface area contributed by atoms with Crippen molar-refractivity contribution in [2.45, 2.75) is 45.7 Å². The molecule has 20 heavy (non-hydrogen) atoms. The highest BCUT2D eigenvalue weighted by molar-refractivity contribution is 5.10. The molecule has 2 N–H and O–H groups in total. The Kier molecular flexibility index (Phi) is 5.11. The number of halogens is 1. The maximum absolute atomic E-state index is 12.9. The van der Waals surface area contributed by atoms with E-state index in [2.05, 4.69) is 30.7 Å². The van der Waals surface area contributed by atoms with Crippen LogP contribution in [0.1, 0.15) is 45.3 Å². The van der Waals surface area contributed by atoms with Gasteiger partial charge in [0.2, 0.25) is 0 Å². The monoisotopic (exact) mass is 279 g/mol. The van der Waals surface area contributed by atoms with Crippen molar-refractivity contribution < 1.29 is 4.39 Å². The normalized spacial score (nSPS) is 23.2. The standard InChI is InChI=1S/C16H26FN3/c1-11(2)15-5-4-8-20(15)10-12(3)16(18)14-7-6-13(17)9-19-14/h6-7,9,11-12,15-16H,4-5,8,10,18H2,1-3H3. The molecule has 0 saturated carbocycles. The third-order valence-electron chi connectivity index (χ3n) is 4.41. The molecule has 1 saturated heterocycles. The summed E-state index contributed by atoms with van der Waals surface area (Å²) in [5.41, 5.74) is 7.05. The predicted molar refractivity (Wildman–Crippen MR) is 79.7 cm³/mol. The van der Waals surface area contributed by atoms with Gasteiger partial charge in [-0.05, 0) is 43.4 Å². The molecule has 0 amide bonds. The first-order chi connectivity index (χ1) is 9.49. The molecule has 1 aromatic heterocycles. The van der Waals surface area contributed by atoms with Gasteiger partial charge in [0.25, 0.3) is 0 Å². The summed E-state index contributed by atoms with van der Waals surface area (Å²) in [6.07, 6.45) is 3.81. The molecule has 4 heteroatoms. The lowest BCUT2D eigenvalue weighted by molar-refractivity contribution is 0.171. The van der Waals surface area contributed by atoms with E-state index in [9.17, 15) is 4.39 Å². The number of rotatable bonds is 5. The van der Waals surface area contributed by atoms with Gasteiger partial charge in [-0.1, -0.05) is 20.8 Å². The molecular formula is C16H26FN3. The molecule has 3 nitrogen and oxygen atoms in total. The SMILES string of the molecule is CC(C)C1CCCN1CC(C)C(N)c1ccc(F)cn1. The van der Waals surface area contributed by atoms with Crippen LogP contribution in [0.3, 0.4) is 0 Å². The van der Waals surface area contributed by atoms with Crippen LogP contribution in [0.4, 0.5) is 4.39 Å². The first kappa shape index (κ1) is 15.4. The van der Waals surface area contributed by atoms with E-state index in [1.807, 2.05) is 0 Å². The Bertz CT molecular complexity index is 418. The van der Waals surface area contributed by atoms with Gasteiger partial charge in [0, 0.05) is 12.6 Å². The molecule has 0 radical (unpaired) electrons. The van der Waals surface area contributed by atoms with Crippen molar-refractivity contribution in [3.05, 3.63) is 29.8 Å². The molecule has 112 valence electrons. The quantitative estimate of drug-likeness (QED) is 0.901. The van der Waals surface area contributed by atoms with Gasteiger partial charge in [0.05, 0.1) is 17.9 Å². The van der Waals surface area contributed by atoms with E-state index in [4.69, 9.17) is 5.73 Å². The summed E-state index contributed by atoms with van der Waals surface area (Å²) >= 11 is 0. The Labute approximate surface area is 121 Å². The second-order valence-corrected chi connectivity index (χ2v) is 6.35. The van der Waals surface area contributed by atoms with Crippen LogP contribution in [0.5, 0.6) is 0 Å². The first-order valence-electron chi connectivity index (χ1n) is 7.60. The van der Waals surface area contributed by atoms with Crippen LogP contribution < -0.4 is 5.73 Å². The van der Waals surface area contributed by atoms with Gasteiger partial charge in [-0.2, -0.15) is 0 Å². The fraction of sp³-hybridized carbons (Fsp3) is 0.688. The fourth-order valence-corrected chi connectivity index (χ4v) is 3.19. The third-order valence-corrected chi connectivity index (χ3v) is 4.41. The summed E-state index contributed by atoms with van der Waals surface area (Å²) in [4.78, 5) is 6.66. The van der Waals surface area contributed by atoms with Crippen molar-refractivity contribution in [3.63, 3.8) is 0 Å². The van der Waals surface area contributed by atoms with Crippen LogP contribution in [0, 0.1) is 17.7 Å². The van der Waals surface area contributed by atoms with E-state index in [0.717, 1.165) is 18.8 Å². The van der Waals surface area contributed by atoms with Crippen molar-refractivity contribution in [2.75, 3.05) is 13.1 Å². The lowest BCUT2D eigenvalue weighted by Crippen LogP contribution is -2.39. The minimum Gasteiger partial charge on any atom is -0.322 e. The fourth-order valence-electron chi connectivity index (χ4n) is 3.19. The molecule has 1 aromatic rings. The third kappa shape index (κ3) is 3.55. The van der Waals surface area contributed by atoms with Crippen molar-refractivity contribution in [2.24, 2.45) is 17.6 Å².